The summed E-state index contributed by atoms with van der Waals surface area (Å²) in [6, 6.07) is -2.04. The van der Waals surface area contributed by atoms with Crippen LogP contribution in [0.25, 0.3) is 0 Å². The minimum atomic E-state index is -1.31. The number of hydrogen-bond donors (Lipinski definition) is 3. The van der Waals surface area contributed by atoms with Gasteiger partial charge in [0.1, 0.15) is 12.6 Å². The van der Waals surface area contributed by atoms with Crippen LogP contribution in [-0.4, -0.2) is 70.9 Å². The largest absolute Gasteiger partial charge is 1.00 e. The molecule has 0 bridgehead atoms. The molecule has 170 valence electrons. The number of amides is 1. The van der Waals surface area contributed by atoms with Gasteiger partial charge in [-0.2, -0.15) is 0 Å². The normalized spacial score (nSPS) is 14.8. The molecule has 0 radical (unpaired) electrons. The maximum absolute atomic E-state index is 12.1. The molecule has 0 heterocycles. The Labute approximate surface area is 223 Å². The zero-order valence-electron chi connectivity index (χ0n) is 19.3. The van der Waals surface area contributed by atoms with E-state index in [1.54, 1.807) is 0 Å². The standard InChI is InChI=1S/C21H40N2O6.K/c1-4-7-8-9-12-19(25)22-13-14-23(15-16-24,17(10-5-2)20(26)27)18(11-6-3)21(28)29;/h17-18,24H,4-16H2,1-3H3,(H2-,22,25,26,27,28,29);/q;+1. The number of carbonyl (C=O) groups is 3. The molecule has 0 aliphatic heterocycles. The van der Waals surface area contributed by atoms with Crippen molar-refractivity contribution in [2.45, 2.75) is 90.6 Å². The van der Waals surface area contributed by atoms with Crippen LogP contribution < -0.4 is 61.8 Å². The Kier molecular flexibility index (Phi) is 19.9. The van der Waals surface area contributed by atoms with Gasteiger partial charge in [-0.3, -0.25) is 4.79 Å². The number of carboxylic acids is 2. The monoisotopic (exact) mass is 455 g/mol. The van der Waals surface area contributed by atoms with Crippen LogP contribution in [0.1, 0.15) is 78.6 Å². The Bertz CT molecular complexity index is 480. The summed E-state index contributed by atoms with van der Waals surface area (Å²) in [5, 5.41) is 34.3. The fraction of sp³-hybridized carbons (Fsp3) is 0.857. The van der Waals surface area contributed by atoms with Gasteiger partial charge in [0.05, 0.1) is 25.7 Å². The molecule has 0 saturated heterocycles. The minimum Gasteiger partial charge on any atom is -0.544 e. The van der Waals surface area contributed by atoms with Gasteiger partial charge in [-0.1, -0.05) is 46.5 Å². The number of aliphatic hydroxyl groups is 1. The maximum Gasteiger partial charge on any atom is 1.00 e. The van der Waals surface area contributed by atoms with E-state index in [0.717, 1.165) is 25.7 Å². The Morgan fingerprint density at radius 1 is 0.933 bits per heavy atom. The fourth-order valence-corrected chi connectivity index (χ4v) is 4.08. The molecule has 0 rings (SSSR count). The number of aliphatic carboxylic acids is 2. The topological polar surface area (TPSA) is 127 Å². The number of unbranched alkanes of at least 4 members (excludes halogenated alkanes) is 3. The molecule has 30 heavy (non-hydrogen) atoms. The second kappa shape index (κ2) is 18.5. The van der Waals surface area contributed by atoms with Gasteiger partial charge >= 0.3 is 57.4 Å². The zero-order valence-corrected chi connectivity index (χ0v) is 22.4. The van der Waals surface area contributed by atoms with Gasteiger partial charge in [-0.25, -0.2) is 4.79 Å². The molecular formula is C21H40KN2O6+. The van der Waals surface area contributed by atoms with Crippen molar-refractivity contribution in [3.05, 3.63) is 0 Å². The van der Waals surface area contributed by atoms with Crippen molar-refractivity contribution < 1.29 is 85.6 Å². The number of aliphatic hydroxyl groups excluding tert-OH is 1. The molecule has 8 nitrogen and oxygen atoms in total. The molecule has 3 N–H and O–H groups in total. The molecule has 0 aromatic carbocycles. The number of nitrogens with one attached hydrogen (secondary N) is 1. The minimum absolute atomic E-state index is 0. The van der Waals surface area contributed by atoms with Crippen molar-refractivity contribution in [2.75, 3.05) is 26.2 Å². The third-order valence-corrected chi connectivity index (χ3v) is 5.55. The van der Waals surface area contributed by atoms with E-state index in [0.29, 0.717) is 19.3 Å². The Hall–Kier alpha value is -0.0336. The quantitative estimate of drug-likeness (QED) is 0.125. The number of quaternary nitrogens is 1. The first-order chi connectivity index (χ1) is 13.8. The van der Waals surface area contributed by atoms with Crippen LogP contribution in [0.3, 0.4) is 0 Å². The van der Waals surface area contributed by atoms with Gasteiger partial charge in [-0.05, 0) is 12.8 Å². The molecule has 0 aromatic heterocycles. The summed E-state index contributed by atoms with van der Waals surface area (Å²) in [5.41, 5.74) is 0. The predicted molar refractivity (Wildman–Crippen MR) is 109 cm³/mol. The van der Waals surface area contributed by atoms with Crippen molar-refractivity contribution >= 4 is 17.8 Å². The van der Waals surface area contributed by atoms with Gasteiger partial charge in [0.15, 0.2) is 6.04 Å². The van der Waals surface area contributed by atoms with E-state index in [2.05, 4.69) is 12.2 Å². The molecule has 0 fully saturated rings. The smallest absolute Gasteiger partial charge is 0.544 e. The molecule has 3 atom stereocenters. The number of hydrogen-bond acceptors (Lipinski definition) is 5. The Morgan fingerprint density at radius 2 is 1.53 bits per heavy atom. The Morgan fingerprint density at radius 3 is 2.00 bits per heavy atom. The molecule has 0 saturated carbocycles. The summed E-state index contributed by atoms with van der Waals surface area (Å²) in [6.07, 6.45) is 5.98. The van der Waals surface area contributed by atoms with Gasteiger partial charge in [0, 0.05) is 19.3 Å². The molecule has 1 amide bonds. The van der Waals surface area contributed by atoms with Crippen molar-refractivity contribution in [2.24, 2.45) is 0 Å². The average Bonchev–Trinajstić information content (AvgIpc) is 2.66. The van der Waals surface area contributed by atoms with Gasteiger partial charge in [0.2, 0.25) is 5.91 Å². The summed E-state index contributed by atoms with van der Waals surface area (Å²) in [5.74, 6) is -2.52. The van der Waals surface area contributed by atoms with Crippen molar-refractivity contribution in [1.29, 1.82) is 0 Å². The first kappa shape index (κ1) is 32.1. The van der Waals surface area contributed by atoms with Crippen LogP contribution >= 0.6 is 0 Å². The van der Waals surface area contributed by atoms with Crippen molar-refractivity contribution in [3.8, 4) is 0 Å². The molecular weight excluding hydrogens is 415 g/mol. The molecule has 0 aliphatic carbocycles. The Balaban J connectivity index is 0. The van der Waals surface area contributed by atoms with Crippen molar-refractivity contribution in [1.82, 2.24) is 5.32 Å². The summed E-state index contributed by atoms with van der Waals surface area (Å²) < 4.78 is -0.314. The van der Waals surface area contributed by atoms with Crippen LogP contribution in [0, 0.1) is 0 Å². The molecule has 0 aliphatic rings. The number of carbonyl (C=O) groups excluding carboxylic acids is 2. The summed E-state index contributed by atoms with van der Waals surface area (Å²) in [7, 11) is 0. The first-order valence-corrected chi connectivity index (χ1v) is 11.0. The van der Waals surface area contributed by atoms with E-state index in [-0.39, 0.29) is 101 Å². The second-order valence-corrected chi connectivity index (χ2v) is 7.70. The number of rotatable bonds is 18. The van der Waals surface area contributed by atoms with Crippen LogP contribution in [0.4, 0.5) is 0 Å². The number of nitrogens with zero attached hydrogens (tertiary/aromatic N) is 1. The fourth-order valence-electron chi connectivity index (χ4n) is 4.08. The van der Waals surface area contributed by atoms with E-state index < -0.39 is 24.0 Å². The third-order valence-electron chi connectivity index (χ3n) is 5.55. The predicted octanol–water partition coefficient (Wildman–Crippen LogP) is -1.94. The van der Waals surface area contributed by atoms with Gasteiger partial charge in [-0.15, -0.1) is 0 Å². The van der Waals surface area contributed by atoms with Crippen LogP contribution in [0.15, 0.2) is 0 Å². The zero-order chi connectivity index (χ0) is 22.3. The van der Waals surface area contributed by atoms with Crippen LogP contribution in [0.2, 0.25) is 0 Å². The van der Waals surface area contributed by atoms with E-state index in [1.165, 1.54) is 0 Å². The molecule has 0 aromatic rings. The average molecular weight is 456 g/mol. The molecule has 9 heteroatoms. The summed E-state index contributed by atoms with van der Waals surface area (Å²) >= 11 is 0. The summed E-state index contributed by atoms with van der Waals surface area (Å²) in [6.45, 7) is 5.70. The summed E-state index contributed by atoms with van der Waals surface area (Å²) in [4.78, 5) is 36.1. The van der Waals surface area contributed by atoms with E-state index in [9.17, 15) is 29.7 Å². The third kappa shape index (κ3) is 11.0. The second-order valence-electron chi connectivity index (χ2n) is 7.70. The molecule has 0 spiro atoms. The van der Waals surface area contributed by atoms with Crippen molar-refractivity contribution in [3.63, 3.8) is 0 Å². The van der Waals surface area contributed by atoms with E-state index in [4.69, 9.17) is 0 Å². The molecule has 3 unspecified atom stereocenters. The van der Waals surface area contributed by atoms with E-state index >= 15 is 0 Å². The van der Waals surface area contributed by atoms with Gasteiger partial charge < -0.3 is 29.9 Å². The van der Waals surface area contributed by atoms with Crippen LogP contribution in [-0.2, 0) is 14.4 Å². The number of carboxylic acid groups (broad SMARTS) is 2. The van der Waals surface area contributed by atoms with E-state index in [1.807, 2.05) is 13.8 Å². The SMILES string of the molecule is CCCCCCC(=O)NCC[N+](CCO)(C(CCC)C(=O)[O-])C(CCC)C(=O)O.[K+]. The van der Waals surface area contributed by atoms with Crippen LogP contribution in [0.5, 0.6) is 0 Å². The maximum atomic E-state index is 12.1. The first-order valence-electron chi connectivity index (χ1n) is 11.0. The van der Waals surface area contributed by atoms with Gasteiger partial charge in [0.25, 0.3) is 0 Å².